The van der Waals surface area contributed by atoms with E-state index < -0.39 is 0 Å². The average Bonchev–Trinajstić information content (AvgIpc) is 2.64. The van der Waals surface area contributed by atoms with Crippen LogP contribution in [0.1, 0.15) is 44.6 Å². The topological polar surface area (TPSA) is 46.6 Å². The van der Waals surface area contributed by atoms with Crippen LogP contribution < -0.4 is 0 Å². The van der Waals surface area contributed by atoms with Gasteiger partial charge in [-0.2, -0.15) is 0 Å². The summed E-state index contributed by atoms with van der Waals surface area (Å²) in [7, 11) is 0. The van der Waals surface area contributed by atoms with Gasteiger partial charge in [0.25, 0.3) is 0 Å². The molecule has 3 rings (SSSR count). The SMILES string of the molecule is CCOC(=O)C1=C([C@H]2CC=CC(=O)N2Cc2ccccc2)CCCC1. The van der Waals surface area contributed by atoms with E-state index >= 15 is 0 Å². The number of rotatable bonds is 5. The first-order chi connectivity index (χ1) is 12.2. The van der Waals surface area contributed by atoms with Gasteiger partial charge in [0.05, 0.1) is 12.6 Å². The van der Waals surface area contributed by atoms with Gasteiger partial charge < -0.3 is 9.64 Å². The lowest BCUT2D eigenvalue weighted by atomic mass is 9.84. The van der Waals surface area contributed by atoms with Gasteiger partial charge in [-0.3, -0.25) is 4.79 Å². The maximum atomic E-state index is 12.6. The summed E-state index contributed by atoms with van der Waals surface area (Å²) in [6, 6.07) is 9.96. The summed E-state index contributed by atoms with van der Waals surface area (Å²) in [5, 5.41) is 0. The second-order valence-corrected chi connectivity index (χ2v) is 6.54. The fourth-order valence-electron chi connectivity index (χ4n) is 3.72. The van der Waals surface area contributed by atoms with Gasteiger partial charge in [0.15, 0.2) is 0 Å². The Morgan fingerprint density at radius 3 is 2.72 bits per heavy atom. The zero-order chi connectivity index (χ0) is 17.6. The number of esters is 1. The van der Waals surface area contributed by atoms with Crippen LogP contribution in [0.15, 0.2) is 53.6 Å². The first kappa shape index (κ1) is 17.5. The molecular weight excluding hydrogens is 314 g/mol. The van der Waals surface area contributed by atoms with E-state index in [9.17, 15) is 9.59 Å². The molecule has 1 atom stereocenters. The second-order valence-electron chi connectivity index (χ2n) is 6.54. The van der Waals surface area contributed by atoms with Gasteiger partial charge in [-0.1, -0.05) is 36.4 Å². The van der Waals surface area contributed by atoms with Crippen LogP contribution in [0.2, 0.25) is 0 Å². The summed E-state index contributed by atoms with van der Waals surface area (Å²) < 4.78 is 5.26. The Balaban J connectivity index is 1.92. The monoisotopic (exact) mass is 339 g/mol. The molecule has 0 bridgehead atoms. The predicted molar refractivity (Wildman–Crippen MR) is 96.7 cm³/mol. The molecular formula is C21H25NO3. The van der Waals surface area contributed by atoms with E-state index in [4.69, 9.17) is 4.74 Å². The molecule has 25 heavy (non-hydrogen) atoms. The van der Waals surface area contributed by atoms with Gasteiger partial charge >= 0.3 is 5.97 Å². The van der Waals surface area contributed by atoms with Crippen molar-refractivity contribution in [3.8, 4) is 0 Å². The van der Waals surface area contributed by atoms with Crippen molar-refractivity contribution in [1.29, 1.82) is 0 Å². The smallest absolute Gasteiger partial charge is 0.334 e. The first-order valence-electron chi connectivity index (χ1n) is 9.10. The molecule has 0 spiro atoms. The van der Waals surface area contributed by atoms with Gasteiger partial charge in [0.1, 0.15) is 0 Å². The summed E-state index contributed by atoms with van der Waals surface area (Å²) in [5.74, 6) is -0.194. The van der Waals surface area contributed by atoms with Crippen LogP contribution in [0.3, 0.4) is 0 Å². The number of hydrogen-bond donors (Lipinski definition) is 0. The predicted octanol–water partition coefficient (Wildman–Crippen LogP) is 3.78. The van der Waals surface area contributed by atoms with Crippen molar-refractivity contribution >= 4 is 11.9 Å². The van der Waals surface area contributed by atoms with Crippen LogP contribution in [0, 0.1) is 0 Å². The molecule has 0 N–H and O–H groups in total. The van der Waals surface area contributed by atoms with Crippen LogP contribution in [0.5, 0.6) is 0 Å². The third-order valence-electron chi connectivity index (χ3n) is 4.91. The summed E-state index contributed by atoms with van der Waals surface area (Å²) >= 11 is 0. The highest BCUT2D eigenvalue weighted by molar-refractivity contribution is 5.92. The van der Waals surface area contributed by atoms with E-state index in [1.807, 2.05) is 48.2 Å². The van der Waals surface area contributed by atoms with E-state index in [2.05, 4.69) is 0 Å². The Kier molecular flexibility index (Phi) is 5.69. The number of hydrogen-bond acceptors (Lipinski definition) is 3. The average molecular weight is 339 g/mol. The Bertz CT molecular complexity index is 690. The molecule has 0 fully saturated rings. The van der Waals surface area contributed by atoms with Crippen LogP contribution in [-0.2, 0) is 20.9 Å². The van der Waals surface area contributed by atoms with Gasteiger partial charge in [0, 0.05) is 12.1 Å². The van der Waals surface area contributed by atoms with Crippen molar-refractivity contribution in [1.82, 2.24) is 4.90 Å². The van der Waals surface area contributed by atoms with Crippen molar-refractivity contribution in [2.24, 2.45) is 0 Å². The molecule has 0 saturated carbocycles. The maximum Gasteiger partial charge on any atom is 0.334 e. The highest BCUT2D eigenvalue weighted by atomic mass is 16.5. The Morgan fingerprint density at radius 1 is 1.20 bits per heavy atom. The molecule has 0 saturated heterocycles. The molecule has 1 aliphatic carbocycles. The molecule has 0 unspecified atom stereocenters. The third-order valence-corrected chi connectivity index (χ3v) is 4.91. The third kappa shape index (κ3) is 4.01. The van der Waals surface area contributed by atoms with Gasteiger partial charge in [-0.25, -0.2) is 4.79 Å². The number of ether oxygens (including phenoxy) is 1. The van der Waals surface area contributed by atoms with Crippen molar-refractivity contribution in [2.75, 3.05) is 6.61 Å². The zero-order valence-corrected chi connectivity index (χ0v) is 14.7. The zero-order valence-electron chi connectivity index (χ0n) is 14.7. The fourth-order valence-corrected chi connectivity index (χ4v) is 3.72. The number of carbonyl (C=O) groups is 2. The molecule has 0 radical (unpaired) electrons. The molecule has 4 heteroatoms. The normalized spacial score (nSPS) is 20.8. The molecule has 4 nitrogen and oxygen atoms in total. The van der Waals surface area contributed by atoms with E-state index in [-0.39, 0.29) is 17.9 Å². The second kappa shape index (κ2) is 8.15. The van der Waals surface area contributed by atoms with Gasteiger partial charge in [-0.15, -0.1) is 0 Å². The van der Waals surface area contributed by atoms with Gasteiger partial charge in [-0.05, 0) is 56.2 Å². The summed E-state index contributed by atoms with van der Waals surface area (Å²) in [6.07, 6.45) is 8.02. The fraction of sp³-hybridized carbons (Fsp3) is 0.429. The van der Waals surface area contributed by atoms with Crippen LogP contribution >= 0.6 is 0 Å². The lowest BCUT2D eigenvalue weighted by molar-refractivity contribution is -0.139. The van der Waals surface area contributed by atoms with E-state index in [1.165, 1.54) is 0 Å². The van der Waals surface area contributed by atoms with Crippen molar-refractivity contribution in [3.63, 3.8) is 0 Å². The van der Waals surface area contributed by atoms with E-state index in [0.29, 0.717) is 13.2 Å². The highest BCUT2D eigenvalue weighted by Crippen LogP contribution is 2.33. The molecule has 2 aliphatic rings. The Hall–Kier alpha value is -2.36. The lowest BCUT2D eigenvalue weighted by Gasteiger charge is -2.37. The summed E-state index contributed by atoms with van der Waals surface area (Å²) in [5.41, 5.74) is 2.99. The molecule has 1 amide bonds. The minimum Gasteiger partial charge on any atom is -0.463 e. The van der Waals surface area contributed by atoms with Crippen molar-refractivity contribution in [3.05, 3.63) is 59.2 Å². The van der Waals surface area contributed by atoms with Crippen molar-refractivity contribution < 1.29 is 14.3 Å². The minimum absolute atomic E-state index is 0.0152. The van der Waals surface area contributed by atoms with Crippen LogP contribution in [0.25, 0.3) is 0 Å². The number of benzene rings is 1. The Morgan fingerprint density at radius 2 is 1.96 bits per heavy atom. The van der Waals surface area contributed by atoms with Gasteiger partial charge in [0.2, 0.25) is 5.91 Å². The molecule has 1 aromatic rings. The highest BCUT2D eigenvalue weighted by Gasteiger charge is 2.32. The largest absolute Gasteiger partial charge is 0.463 e. The maximum absolute atomic E-state index is 12.6. The molecule has 1 aromatic carbocycles. The number of amides is 1. The summed E-state index contributed by atoms with van der Waals surface area (Å²) in [6.45, 7) is 2.77. The Labute approximate surface area is 149 Å². The number of nitrogens with zero attached hydrogens (tertiary/aromatic N) is 1. The first-order valence-corrected chi connectivity index (χ1v) is 9.10. The van der Waals surface area contributed by atoms with E-state index in [0.717, 1.165) is 48.8 Å². The quantitative estimate of drug-likeness (QED) is 0.767. The molecule has 0 aromatic heterocycles. The van der Waals surface area contributed by atoms with Crippen LogP contribution in [-0.4, -0.2) is 29.4 Å². The molecule has 1 aliphatic heterocycles. The lowest BCUT2D eigenvalue weighted by Crippen LogP contribution is -2.43. The molecule has 132 valence electrons. The van der Waals surface area contributed by atoms with Crippen LogP contribution in [0.4, 0.5) is 0 Å². The van der Waals surface area contributed by atoms with Crippen molar-refractivity contribution in [2.45, 2.75) is 51.6 Å². The minimum atomic E-state index is -0.209. The standard InChI is InChI=1S/C21H25NO3/c1-2-25-21(24)18-12-7-6-11-17(18)19-13-8-14-20(23)22(19)15-16-9-4-3-5-10-16/h3-5,8-10,14,19H,2,6-7,11-13,15H2,1H3/t19-/m1/s1. The number of carbonyl (C=O) groups excluding carboxylic acids is 2. The summed E-state index contributed by atoms with van der Waals surface area (Å²) in [4.78, 5) is 26.8. The van der Waals surface area contributed by atoms with E-state index in [1.54, 1.807) is 6.08 Å². The molecule has 1 heterocycles.